The van der Waals surface area contributed by atoms with Gasteiger partial charge in [0, 0.05) is 19.3 Å². The number of esters is 3. The molecule has 0 aromatic carbocycles. The molecule has 58 heavy (non-hydrogen) atoms. The summed E-state index contributed by atoms with van der Waals surface area (Å²) in [6.45, 7) is 6.44. The van der Waals surface area contributed by atoms with Crippen LogP contribution in [0.5, 0.6) is 0 Å². The Labute approximate surface area is 358 Å². The quantitative estimate of drug-likeness (QED) is 0.0264. The van der Waals surface area contributed by atoms with Crippen LogP contribution in [0.25, 0.3) is 0 Å². The fourth-order valence-corrected chi connectivity index (χ4v) is 6.60. The molecule has 0 bridgehead atoms. The first-order valence-corrected chi connectivity index (χ1v) is 24.3. The van der Waals surface area contributed by atoms with Crippen molar-refractivity contribution in [2.45, 2.75) is 239 Å². The van der Waals surface area contributed by atoms with E-state index < -0.39 is 6.10 Å². The van der Waals surface area contributed by atoms with E-state index in [0.717, 1.165) is 83.5 Å². The second-order valence-electron chi connectivity index (χ2n) is 16.0. The van der Waals surface area contributed by atoms with Gasteiger partial charge in [0.1, 0.15) is 13.2 Å². The van der Waals surface area contributed by atoms with Crippen LogP contribution in [0.1, 0.15) is 233 Å². The third-order valence-electron chi connectivity index (χ3n) is 10.3. The smallest absolute Gasteiger partial charge is 0.306 e. The van der Waals surface area contributed by atoms with Crippen molar-refractivity contribution in [2.24, 2.45) is 0 Å². The Kier molecular flexibility index (Phi) is 44.5. The van der Waals surface area contributed by atoms with Crippen molar-refractivity contribution in [1.29, 1.82) is 0 Å². The number of carbonyl (C=O) groups excluding carboxylic acids is 3. The van der Waals surface area contributed by atoms with E-state index in [2.05, 4.69) is 81.5 Å². The average molecular weight is 811 g/mol. The molecule has 0 amide bonds. The molecule has 334 valence electrons. The number of allylic oxidation sites excluding steroid dienone is 10. The molecule has 0 saturated carbocycles. The highest BCUT2D eigenvalue weighted by molar-refractivity contribution is 5.71. The number of carbonyl (C=O) groups is 3. The minimum atomic E-state index is -0.793. The lowest BCUT2D eigenvalue weighted by molar-refractivity contribution is -0.167. The molecule has 0 aliphatic carbocycles. The standard InChI is InChI=1S/C52H90O6/c1-4-7-10-13-16-19-22-24-25-26-27-28-31-33-36-39-42-45-51(54)57-48-49(47-56-50(53)44-41-38-35-32-29-21-18-15-12-9-6-3)58-52(55)46-43-40-37-34-30-23-20-17-14-11-8-5-2/h8,11,16-17,19-20,24-25,30,34,49H,4-7,9-10,12-15,18,21-23,26-29,31-33,35-48H2,1-3H3/b11-8-,19-16-,20-17-,25-24-,34-30-. The lowest BCUT2D eigenvalue weighted by Gasteiger charge is -2.18. The first kappa shape index (κ1) is 55.1. The molecule has 0 rings (SSSR count). The van der Waals surface area contributed by atoms with Crippen molar-refractivity contribution in [3.63, 3.8) is 0 Å². The maximum absolute atomic E-state index is 12.7. The van der Waals surface area contributed by atoms with Crippen molar-refractivity contribution in [1.82, 2.24) is 0 Å². The van der Waals surface area contributed by atoms with Crippen molar-refractivity contribution in [3.05, 3.63) is 60.8 Å². The third kappa shape index (κ3) is 44.2. The maximum atomic E-state index is 12.7. The van der Waals surface area contributed by atoms with Gasteiger partial charge in [-0.15, -0.1) is 0 Å². The predicted octanol–water partition coefficient (Wildman–Crippen LogP) is 15.7. The Hall–Kier alpha value is -2.89. The fraction of sp³-hybridized carbons (Fsp3) is 0.750. The van der Waals surface area contributed by atoms with Crippen LogP contribution >= 0.6 is 0 Å². The molecular formula is C52H90O6. The van der Waals surface area contributed by atoms with Crippen LogP contribution in [0.15, 0.2) is 60.8 Å². The van der Waals surface area contributed by atoms with E-state index in [-0.39, 0.29) is 37.5 Å². The van der Waals surface area contributed by atoms with Gasteiger partial charge in [-0.2, -0.15) is 0 Å². The summed E-state index contributed by atoms with van der Waals surface area (Å²) in [5.74, 6) is -0.939. The van der Waals surface area contributed by atoms with Crippen molar-refractivity contribution in [3.8, 4) is 0 Å². The molecule has 0 aliphatic rings. The van der Waals surface area contributed by atoms with E-state index in [0.29, 0.717) is 19.3 Å². The summed E-state index contributed by atoms with van der Waals surface area (Å²) in [5.41, 5.74) is 0. The van der Waals surface area contributed by atoms with Crippen molar-refractivity contribution >= 4 is 17.9 Å². The van der Waals surface area contributed by atoms with Crippen LogP contribution in [-0.4, -0.2) is 37.2 Å². The van der Waals surface area contributed by atoms with Gasteiger partial charge < -0.3 is 14.2 Å². The summed E-state index contributed by atoms with van der Waals surface area (Å²) < 4.78 is 16.7. The molecule has 0 saturated heterocycles. The highest BCUT2D eigenvalue weighted by atomic mass is 16.6. The van der Waals surface area contributed by atoms with Crippen LogP contribution in [0.2, 0.25) is 0 Å². The zero-order valence-corrected chi connectivity index (χ0v) is 38.0. The van der Waals surface area contributed by atoms with E-state index in [1.54, 1.807) is 0 Å². The predicted molar refractivity (Wildman–Crippen MR) is 247 cm³/mol. The SMILES string of the molecule is CC/C=C\C/C=C\C/C=C\CCCCC(=O)OC(COC(=O)CCCCCCCCC/C=C\C/C=C\CCCCC)COC(=O)CCCCCCCCCCCCC. The summed E-state index contributed by atoms with van der Waals surface area (Å²) in [6.07, 6.45) is 56.3. The Morgan fingerprint density at radius 2 is 0.672 bits per heavy atom. The van der Waals surface area contributed by atoms with E-state index in [9.17, 15) is 14.4 Å². The van der Waals surface area contributed by atoms with Crippen LogP contribution in [-0.2, 0) is 28.6 Å². The molecule has 0 aromatic rings. The molecule has 1 unspecified atom stereocenters. The monoisotopic (exact) mass is 811 g/mol. The van der Waals surface area contributed by atoms with Crippen LogP contribution in [0.3, 0.4) is 0 Å². The van der Waals surface area contributed by atoms with Gasteiger partial charge >= 0.3 is 17.9 Å². The summed E-state index contributed by atoms with van der Waals surface area (Å²) in [4.78, 5) is 37.8. The van der Waals surface area contributed by atoms with E-state index in [1.165, 1.54) is 103 Å². The fourth-order valence-electron chi connectivity index (χ4n) is 6.60. The van der Waals surface area contributed by atoms with E-state index >= 15 is 0 Å². The van der Waals surface area contributed by atoms with Crippen LogP contribution in [0, 0.1) is 0 Å². The van der Waals surface area contributed by atoms with Gasteiger partial charge in [0.05, 0.1) is 0 Å². The molecule has 0 N–H and O–H groups in total. The largest absolute Gasteiger partial charge is 0.462 e. The molecule has 6 heteroatoms. The zero-order valence-electron chi connectivity index (χ0n) is 38.0. The van der Waals surface area contributed by atoms with Gasteiger partial charge in [-0.05, 0) is 83.5 Å². The van der Waals surface area contributed by atoms with E-state index in [1.807, 2.05) is 0 Å². The molecule has 1 atom stereocenters. The third-order valence-corrected chi connectivity index (χ3v) is 10.3. The summed E-state index contributed by atoms with van der Waals surface area (Å²) >= 11 is 0. The highest BCUT2D eigenvalue weighted by Gasteiger charge is 2.19. The average Bonchev–Trinajstić information content (AvgIpc) is 3.22. The molecule has 0 aromatic heterocycles. The summed E-state index contributed by atoms with van der Waals surface area (Å²) in [7, 11) is 0. The van der Waals surface area contributed by atoms with Gasteiger partial charge in [0.25, 0.3) is 0 Å². The van der Waals surface area contributed by atoms with Gasteiger partial charge in [0.15, 0.2) is 6.10 Å². The first-order chi connectivity index (χ1) is 28.5. The Morgan fingerprint density at radius 3 is 1.12 bits per heavy atom. The van der Waals surface area contributed by atoms with Crippen molar-refractivity contribution in [2.75, 3.05) is 13.2 Å². The first-order valence-electron chi connectivity index (χ1n) is 24.3. The lowest BCUT2D eigenvalue weighted by Crippen LogP contribution is -2.30. The van der Waals surface area contributed by atoms with Crippen molar-refractivity contribution < 1.29 is 28.6 Å². The maximum Gasteiger partial charge on any atom is 0.306 e. The minimum Gasteiger partial charge on any atom is -0.462 e. The number of rotatable bonds is 43. The molecule has 0 aliphatic heterocycles. The molecule has 0 spiro atoms. The number of hydrogen-bond acceptors (Lipinski definition) is 6. The molecule has 0 radical (unpaired) electrons. The second-order valence-corrected chi connectivity index (χ2v) is 16.0. The molecule has 6 nitrogen and oxygen atoms in total. The number of unbranched alkanes of at least 4 members (excludes halogenated alkanes) is 22. The Balaban J connectivity index is 4.40. The molecular weight excluding hydrogens is 721 g/mol. The van der Waals surface area contributed by atoms with Gasteiger partial charge in [-0.3, -0.25) is 14.4 Å². The number of ether oxygens (including phenoxy) is 3. The van der Waals surface area contributed by atoms with Crippen LogP contribution < -0.4 is 0 Å². The molecule has 0 heterocycles. The van der Waals surface area contributed by atoms with E-state index in [4.69, 9.17) is 14.2 Å². The minimum absolute atomic E-state index is 0.0909. The molecule has 0 fully saturated rings. The highest BCUT2D eigenvalue weighted by Crippen LogP contribution is 2.14. The van der Waals surface area contributed by atoms with Gasteiger partial charge in [-0.25, -0.2) is 0 Å². The Morgan fingerprint density at radius 1 is 0.362 bits per heavy atom. The zero-order chi connectivity index (χ0) is 42.3. The van der Waals surface area contributed by atoms with Crippen LogP contribution in [0.4, 0.5) is 0 Å². The number of hydrogen-bond donors (Lipinski definition) is 0. The Bertz CT molecular complexity index is 1070. The second kappa shape index (κ2) is 46.8. The summed E-state index contributed by atoms with van der Waals surface area (Å²) in [5, 5.41) is 0. The summed E-state index contributed by atoms with van der Waals surface area (Å²) in [6, 6.07) is 0. The topological polar surface area (TPSA) is 78.9 Å². The van der Waals surface area contributed by atoms with Gasteiger partial charge in [-0.1, -0.05) is 191 Å². The normalized spacial score (nSPS) is 12.5. The lowest BCUT2D eigenvalue weighted by atomic mass is 10.1. The van der Waals surface area contributed by atoms with Gasteiger partial charge in [0.2, 0.25) is 0 Å².